The molecular formula is C12H20. The van der Waals surface area contributed by atoms with Gasteiger partial charge < -0.3 is 0 Å². The molecular weight excluding hydrogens is 144 g/mol. The van der Waals surface area contributed by atoms with Gasteiger partial charge in [-0.3, -0.25) is 0 Å². The van der Waals surface area contributed by atoms with E-state index in [1.165, 1.54) is 16.7 Å². The highest BCUT2D eigenvalue weighted by atomic mass is 14.0. The van der Waals surface area contributed by atoms with Crippen LogP contribution in [0.5, 0.6) is 0 Å². The zero-order valence-electron chi connectivity index (χ0n) is 8.78. The summed E-state index contributed by atoms with van der Waals surface area (Å²) >= 11 is 0. The summed E-state index contributed by atoms with van der Waals surface area (Å²) in [6.45, 7) is 12.4. The minimum Gasteiger partial charge on any atom is -0.0959 e. The predicted molar refractivity (Wildman–Crippen MR) is 57.2 cm³/mol. The molecule has 0 saturated carbocycles. The van der Waals surface area contributed by atoms with Crippen molar-refractivity contribution in [3.05, 3.63) is 35.5 Å². The fourth-order valence-electron chi connectivity index (χ4n) is 0.944. The quantitative estimate of drug-likeness (QED) is 0.430. The summed E-state index contributed by atoms with van der Waals surface area (Å²) in [4.78, 5) is 0. The first-order valence-electron chi connectivity index (χ1n) is 4.56. The van der Waals surface area contributed by atoms with Crippen LogP contribution >= 0.6 is 0 Å². The van der Waals surface area contributed by atoms with Gasteiger partial charge in [0.1, 0.15) is 0 Å². The van der Waals surface area contributed by atoms with Crippen LogP contribution in [0.25, 0.3) is 0 Å². The summed E-state index contributed by atoms with van der Waals surface area (Å²) in [6.07, 6.45) is 6.61. The second-order valence-electron chi connectivity index (χ2n) is 3.27. The summed E-state index contributed by atoms with van der Waals surface area (Å²) in [7, 11) is 0. The first kappa shape index (κ1) is 11.2. The molecule has 0 heteroatoms. The third kappa shape index (κ3) is 4.17. The molecule has 68 valence electrons. The van der Waals surface area contributed by atoms with Crippen LogP contribution < -0.4 is 0 Å². The van der Waals surface area contributed by atoms with E-state index in [1.54, 1.807) is 0 Å². The first-order valence-corrected chi connectivity index (χ1v) is 4.56. The van der Waals surface area contributed by atoms with Crippen LogP contribution in [0, 0.1) is 0 Å². The molecule has 0 rings (SSSR count). The average Bonchev–Trinajstić information content (AvgIpc) is 2.03. The van der Waals surface area contributed by atoms with Crippen molar-refractivity contribution < 1.29 is 0 Å². The maximum atomic E-state index is 3.92. The van der Waals surface area contributed by atoms with E-state index in [-0.39, 0.29) is 0 Å². The molecule has 0 aliphatic rings. The zero-order valence-corrected chi connectivity index (χ0v) is 8.78. The average molecular weight is 164 g/mol. The van der Waals surface area contributed by atoms with Gasteiger partial charge in [0, 0.05) is 0 Å². The van der Waals surface area contributed by atoms with E-state index in [0.717, 1.165) is 12.8 Å². The van der Waals surface area contributed by atoms with E-state index in [9.17, 15) is 0 Å². The van der Waals surface area contributed by atoms with Gasteiger partial charge in [0.2, 0.25) is 0 Å². The Balaban J connectivity index is 4.17. The Labute approximate surface area is 76.7 Å². The fraction of sp³-hybridized carbons (Fsp3) is 0.500. The lowest BCUT2D eigenvalue weighted by molar-refractivity contribution is 1.11. The molecule has 0 aliphatic heterocycles. The molecule has 12 heavy (non-hydrogen) atoms. The van der Waals surface area contributed by atoms with Crippen molar-refractivity contribution >= 4 is 0 Å². The molecule has 0 unspecified atom stereocenters. The maximum Gasteiger partial charge on any atom is -0.0136 e. The molecule has 0 saturated heterocycles. The Hall–Kier alpha value is -0.780. The van der Waals surface area contributed by atoms with Crippen LogP contribution in [0.15, 0.2) is 35.5 Å². The van der Waals surface area contributed by atoms with Crippen molar-refractivity contribution in [1.82, 2.24) is 0 Å². The van der Waals surface area contributed by atoms with Gasteiger partial charge in [-0.1, -0.05) is 36.8 Å². The number of allylic oxidation sites excluding steroid dienone is 5. The zero-order chi connectivity index (χ0) is 9.56. The number of hydrogen-bond acceptors (Lipinski definition) is 0. The number of hydrogen-bond donors (Lipinski definition) is 0. The molecule has 0 nitrogen and oxygen atoms in total. The van der Waals surface area contributed by atoms with E-state index < -0.39 is 0 Å². The van der Waals surface area contributed by atoms with Gasteiger partial charge in [0.25, 0.3) is 0 Å². The molecule has 0 bridgehead atoms. The Morgan fingerprint density at radius 2 is 1.75 bits per heavy atom. The minimum absolute atomic E-state index is 1.06. The van der Waals surface area contributed by atoms with Crippen LogP contribution in [-0.4, -0.2) is 0 Å². The number of rotatable bonds is 4. The molecule has 0 aromatic carbocycles. The van der Waals surface area contributed by atoms with Crippen LogP contribution in [0.1, 0.15) is 40.5 Å². The SMILES string of the molecule is C=C(C)C(C)=C(C)CC=CCC. The molecule has 0 radical (unpaired) electrons. The maximum absolute atomic E-state index is 3.92. The summed E-state index contributed by atoms with van der Waals surface area (Å²) in [5.41, 5.74) is 3.94. The monoisotopic (exact) mass is 164 g/mol. The van der Waals surface area contributed by atoms with Gasteiger partial charge in [-0.15, -0.1) is 0 Å². The highest BCUT2D eigenvalue weighted by Crippen LogP contribution is 2.14. The lowest BCUT2D eigenvalue weighted by atomic mass is 10.0. The van der Waals surface area contributed by atoms with E-state index in [1.807, 2.05) is 0 Å². The molecule has 0 aromatic heterocycles. The largest absolute Gasteiger partial charge is 0.0959 e. The Morgan fingerprint density at radius 1 is 1.17 bits per heavy atom. The Kier molecular flexibility index (Phi) is 5.44. The van der Waals surface area contributed by atoms with Crippen molar-refractivity contribution in [3.63, 3.8) is 0 Å². The smallest absolute Gasteiger partial charge is 0.0136 e. The lowest BCUT2D eigenvalue weighted by Gasteiger charge is -2.04. The van der Waals surface area contributed by atoms with Crippen LogP contribution in [0.4, 0.5) is 0 Å². The van der Waals surface area contributed by atoms with Crippen molar-refractivity contribution in [2.45, 2.75) is 40.5 Å². The van der Waals surface area contributed by atoms with E-state index in [0.29, 0.717) is 0 Å². The standard InChI is InChI=1S/C12H20/c1-6-7-8-9-11(4)12(5)10(2)3/h7-8H,2,6,9H2,1,3-5H3. The molecule has 0 atom stereocenters. The molecule has 0 aromatic rings. The third-order valence-corrected chi connectivity index (χ3v) is 2.11. The van der Waals surface area contributed by atoms with Gasteiger partial charge >= 0.3 is 0 Å². The van der Waals surface area contributed by atoms with Gasteiger partial charge in [-0.2, -0.15) is 0 Å². The van der Waals surface area contributed by atoms with Gasteiger partial charge in [0.05, 0.1) is 0 Å². The first-order chi connectivity index (χ1) is 5.59. The van der Waals surface area contributed by atoms with Crippen LogP contribution in [0.2, 0.25) is 0 Å². The highest BCUT2D eigenvalue weighted by molar-refractivity contribution is 5.29. The topological polar surface area (TPSA) is 0 Å². The van der Waals surface area contributed by atoms with Crippen molar-refractivity contribution in [1.29, 1.82) is 0 Å². The predicted octanol–water partition coefficient (Wildman–Crippen LogP) is 4.26. The van der Waals surface area contributed by atoms with Gasteiger partial charge in [-0.25, -0.2) is 0 Å². The van der Waals surface area contributed by atoms with Gasteiger partial charge in [-0.05, 0) is 39.2 Å². The molecule has 0 heterocycles. The van der Waals surface area contributed by atoms with Crippen molar-refractivity contribution in [3.8, 4) is 0 Å². The van der Waals surface area contributed by atoms with Gasteiger partial charge in [0.15, 0.2) is 0 Å². The second kappa shape index (κ2) is 5.82. The van der Waals surface area contributed by atoms with E-state index in [2.05, 4.69) is 46.4 Å². The van der Waals surface area contributed by atoms with Crippen molar-refractivity contribution in [2.75, 3.05) is 0 Å². The summed E-state index contributed by atoms with van der Waals surface area (Å²) in [5, 5.41) is 0. The normalized spacial score (nSPS) is 13.3. The van der Waals surface area contributed by atoms with Crippen molar-refractivity contribution in [2.24, 2.45) is 0 Å². The summed E-state index contributed by atoms with van der Waals surface area (Å²) < 4.78 is 0. The minimum atomic E-state index is 1.06. The second-order valence-corrected chi connectivity index (χ2v) is 3.27. The Morgan fingerprint density at radius 3 is 2.17 bits per heavy atom. The van der Waals surface area contributed by atoms with E-state index in [4.69, 9.17) is 0 Å². The van der Waals surface area contributed by atoms with E-state index >= 15 is 0 Å². The molecule has 0 spiro atoms. The van der Waals surface area contributed by atoms with Crippen LogP contribution in [0.3, 0.4) is 0 Å². The highest BCUT2D eigenvalue weighted by Gasteiger charge is 1.94. The summed E-state index contributed by atoms with van der Waals surface area (Å²) in [5.74, 6) is 0. The molecule has 0 N–H and O–H groups in total. The molecule has 0 amide bonds. The molecule has 0 fully saturated rings. The fourth-order valence-corrected chi connectivity index (χ4v) is 0.944. The Bertz CT molecular complexity index is 204. The van der Waals surface area contributed by atoms with Crippen LogP contribution in [-0.2, 0) is 0 Å². The molecule has 0 aliphatic carbocycles. The summed E-state index contributed by atoms with van der Waals surface area (Å²) in [6, 6.07) is 0. The third-order valence-electron chi connectivity index (χ3n) is 2.11. The lowest BCUT2D eigenvalue weighted by Crippen LogP contribution is -1.83.